The first-order valence-electron chi connectivity index (χ1n) is 8.93. The second-order valence-electron chi connectivity index (χ2n) is 6.43. The Bertz CT molecular complexity index is 968. The fourth-order valence-electron chi connectivity index (χ4n) is 2.64. The van der Waals surface area contributed by atoms with Crippen LogP contribution in [-0.4, -0.2) is 36.9 Å². The lowest BCUT2D eigenvalue weighted by Crippen LogP contribution is -2.32. The van der Waals surface area contributed by atoms with E-state index in [9.17, 15) is 9.59 Å². The molecule has 0 fully saturated rings. The van der Waals surface area contributed by atoms with Gasteiger partial charge in [-0.15, -0.1) is 0 Å². The zero-order chi connectivity index (χ0) is 20.8. The van der Waals surface area contributed by atoms with Gasteiger partial charge in [-0.05, 0) is 31.2 Å². The molecule has 9 nitrogen and oxygen atoms in total. The molecule has 1 atom stereocenters. The van der Waals surface area contributed by atoms with Gasteiger partial charge in [-0.25, -0.2) is 4.99 Å². The lowest BCUT2D eigenvalue weighted by Gasteiger charge is -2.08. The van der Waals surface area contributed by atoms with Crippen LogP contribution in [0, 0.1) is 6.92 Å². The summed E-state index contributed by atoms with van der Waals surface area (Å²) in [7, 11) is 1.54. The summed E-state index contributed by atoms with van der Waals surface area (Å²) in [6.45, 7) is 1.98. The minimum atomic E-state index is -0.869. The quantitative estimate of drug-likeness (QED) is 0.452. The van der Waals surface area contributed by atoms with Crippen molar-refractivity contribution in [2.75, 3.05) is 17.7 Å². The van der Waals surface area contributed by atoms with Crippen LogP contribution in [-0.2, 0) is 9.59 Å². The maximum atomic E-state index is 12.2. The highest BCUT2D eigenvalue weighted by Gasteiger charge is 2.28. The topological polar surface area (TPSA) is 130 Å². The van der Waals surface area contributed by atoms with Crippen molar-refractivity contribution in [3.63, 3.8) is 0 Å². The maximum absolute atomic E-state index is 12.2. The SMILES string of the molecule is COc1cccc(NC(=O)C[C@@H]2N=C(N=C(N)Nc3ccc(C)cc3)NC2=O)c1. The Balaban J connectivity index is 1.59. The summed E-state index contributed by atoms with van der Waals surface area (Å²) in [6.07, 6.45) is -0.118. The minimum absolute atomic E-state index is 0.0614. The fourth-order valence-corrected chi connectivity index (χ4v) is 2.64. The molecule has 3 rings (SSSR count). The number of anilines is 2. The smallest absolute Gasteiger partial charge is 0.252 e. The third-order valence-corrected chi connectivity index (χ3v) is 4.10. The van der Waals surface area contributed by atoms with Crippen LogP contribution in [0.5, 0.6) is 5.75 Å². The van der Waals surface area contributed by atoms with E-state index in [1.165, 1.54) is 0 Å². The predicted octanol–water partition coefficient (Wildman–Crippen LogP) is 1.61. The zero-order valence-electron chi connectivity index (χ0n) is 16.1. The number of amides is 2. The molecule has 150 valence electrons. The number of nitrogens with one attached hydrogen (secondary N) is 3. The Labute approximate surface area is 168 Å². The maximum Gasteiger partial charge on any atom is 0.252 e. The van der Waals surface area contributed by atoms with E-state index in [0.717, 1.165) is 11.3 Å². The minimum Gasteiger partial charge on any atom is -0.497 e. The number of nitrogens with two attached hydrogens (primary N) is 1. The standard InChI is InChI=1S/C20H22N6O3/c1-12-6-8-13(9-7-12)23-19(21)26-20-24-16(18(28)25-20)11-17(27)22-14-4-3-5-15(10-14)29-2/h3-10,16H,11H2,1-2H3,(H,22,27)(H4,21,23,24,25,26,28)/t16-/m0/s1. The van der Waals surface area contributed by atoms with Crippen molar-refractivity contribution < 1.29 is 14.3 Å². The number of hydrogen-bond acceptors (Lipinski definition) is 5. The number of carbonyl (C=O) groups is 2. The molecule has 1 heterocycles. The van der Waals surface area contributed by atoms with E-state index in [0.29, 0.717) is 11.4 Å². The van der Waals surface area contributed by atoms with Gasteiger partial charge in [0.1, 0.15) is 11.8 Å². The third kappa shape index (κ3) is 5.55. The number of carbonyl (C=O) groups excluding carboxylic acids is 2. The first-order valence-corrected chi connectivity index (χ1v) is 8.93. The van der Waals surface area contributed by atoms with Gasteiger partial charge in [0.05, 0.1) is 13.5 Å². The largest absolute Gasteiger partial charge is 0.497 e. The molecular formula is C20H22N6O3. The van der Waals surface area contributed by atoms with E-state index in [4.69, 9.17) is 10.5 Å². The van der Waals surface area contributed by atoms with Gasteiger partial charge in [-0.2, -0.15) is 4.99 Å². The van der Waals surface area contributed by atoms with Crippen LogP contribution >= 0.6 is 0 Å². The van der Waals surface area contributed by atoms with Crippen LogP contribution in [0.3, 0.4) is 0 Å². The summed E-state index contributed by atoms with van der Waals surface area (Å²) in [6, 6.07) is 13.6. The number of ether oxygens (including phenoxy) is 1. The Hall–Kier alpha value is -3.88. The summed E-state index contributed by atoms with van der Waals surface area (Å²) in [5.41, 5.74) is 8.31. The van der Waals surface area contributed by atoms with Gasteiger partial charge in [-0.3, -0.25) is 14.9 Å². The highest BCUT2D eigenvalue weighted by atomic mass is 16.5. The summed E-state index contributed by atoms with van der Waals surface area (Å²) >= 11 is 0. The summed E-state index contributed by atoms with van der Waals surface area (Å²) in [5, 5.41) is 8.15. The third-order valence-electron chi connectivity index (χ3n) is 4.10. The molecule has 0 spiro atoms. The van der Waals surface area contributed by atoms with Gasteiger partial charge in [0.25, 0.3) is 5.91 Å². The number of methoxy groups -OCH3 is 1. The molecule has 1 aliphatic heterocycles. The number of hydrogen-bond donors (Lipinski definition) is 4. The number of aryl methyl sites for hydroxylation is 1. The number of nitrogens with zero attached hydrogens (tertiary/aromatic N) is 2. The molecule has 1 aliphatic rings. The van der Waals surface area contributed by atoms with Crippen LogP contribution in [0.1, 0.15) is 12.0 Å². The lowest BCUT2D eigenvalue weighted by molar-refractivity contribution is -0.123. The van der Waals surface area contributed by atoms with Crippen LogP contribution in [0.2, 0.25) is 0 Å². The van der Waals surface area contributed by atoms with Crippen LogP contribution in [0.15, 0.2) is 58.5 Å². The number of guanidine groups is 2. The molecule has 9 heteroatoms. The van der Waals surface area contributed by atoms with Crippen LogP contribution in [0.25, 0.3) is 0 Å². The Morgan fingerprint density at radius 2 is 1.97 bits per heavy atom. The molecule has 2 aromatic rings. The monoisotopic (exact) mass is 394 g/mol. The molecule has 0 radical (unpaired) electrons. The average Bonchev–Trinajstić information content (AvgIpc) is 3.02. The van der Waals surface area contributed by atoms with E-state index in [1.807, 2.05) is 31.2 Å². The number of aliphatic imine (C=N–C) groups is 2. The van der Waals surface area contributed by atoms with Gasteiger partial charge in [-0.1, -0.05) is 23.8 Å². The molecule has 0 bridgehead atoms. The molecule has 0 saturated heterocycles. The second kappa shape index (κ2) is 8.87. The second-order valence-corrected chi connectivity index (χ2v) is 6.43. The van der Waals surface area contributed by atoms with Crippen molar-refractivity contribution in [3.8, 4) is 5.75 Å². The van der Waals surface area contributed by atoms with Crippen molar-refractivity contribution in [3.05, 3.63) is 54.1 Å². The van der Waals surface area contributed by atoms with Crippen LogP contribution < -0.4 is 26.4 Å². The Morgan fingerprint density at radius 3 is 2.69 bits per heavy atom. The summed E-state index contributed by atoms with van der Waals surface area (Å²) in [5.74, 6) is -0.000837. The molecule has 29 heavy (non-hydrogen) atoms. The fraction of sp³-hybridized carbons (Fsp3) is 0.200. The molecule has 0 aliphatic carbocycles. The molecule has 2 aromatic carbocycles. The highest BCUT2D eigenvalue weighted by Crippen LogP contribution is 2.17. The van der Waals surface area contributed by atoms with Crippen molar-refractivity contribution in [2.45, 2.75) is 19.4 Å². The first kappa shape index (κ1) is 19.9. The van der Waals surface area contributed by atoms with Crippen molar-refractivity contribution in [1.29, 1.82) is 0 Å². The first-order chi connectivity index (χ1) is 13.9. The molecule has 2 amide bonds. The summed E-state index contributed by atoms with van der Waals surface area (Å²) in [4.78, 5) is 32.5. The van der Waals surface area contributed by atoms with Crippen molar-refractivity contribution in [2.24, 2.45) is 15.7 Å². The van der Waals surface area contributed by atoms with Gasteiger partial charge in [0.15, 0.2) is 0 Å². The van der Waals surface area contributed by atoms with E-state index in [1.54, 1.807) is 31.4 Å². The van der Waals surface area contributed by atoms with Crippen molar-refractivity contribution >= 4 is 35.1 Å². The van der Waals surface area contributed by atoms with E-state index in [-0.39, 0.29) is 24.2 Å². The molecule has 0 aromatic heterocycles. The lowest BCUT2D eigenvalue weighted by atomic mass is 10.2. The predicted molar refractivity (Wildman–Crippen MR) is 112 cm³/mol. The van der Waals surface area contributed by atoms with E-state index < -0.39 is 11.9 Å². The Kier molecular flexibility index (Phi) is 6.08. The number of benzene rings is 2. The van der Waals surface area contributed by atoms with Gasteiger partial charge < -0.3 is 21.1 Å². The van der Waals surface area contributed by atoms with Crippen LogP contribution in [0.4, 0.5) is 11.4 Å². The van der Waals surface area contributed by atoms with Gasteiger partial charge >= 0.3 is 0 Å². The van der Waals surface area contributed by atoms with E-state index >= 15 is 0 Å². The normalized spacial score (nSPS) is 16.1. The van der Waals surface area contributed by atoms with E-state index in [2.05, 4.69) is 25.9 Å². The Morgan fingerprint density at radius 1 is 1.21 bits per heavy atom. The molecule has 0 unspecified atom stereocenters. The zero-order valence-corrected chi connectivity index (χ0v) is 16.1. The van der Waals surface area contributed by atoms with Gasteiger partial charge in [0, 0.05) is 17.4 Å². The molecule has 5 N–H and O–H groups in total. The number of rotatable bonds is 5. The highest BCUT2D eigenvalue weighted by molar-refractivity contribution is 6.11. The van der Waals surface area contributed by atoms with Gasteiger partial charge in [0.2, 0.25) is 17.8 Å². The van der Waals surface area contributed by atoms with Crippen molar-refractivity contribution in [1.82, 2.24) is 5.32 Å². The molecule has 0 saturated carbocycles. The average molecular weight is 394 g/mol. The molecular weight excluding hydrogens is 372 g/mol. The summed E-state index contributed by atoms with van der Waals surface area (Å²) < 4.78 is 5.12.